The number of ether oxygens (including phenoxy) is 3. The fraction of sp³-hybridized carbons (Fsp3) is 0.448. The minimum Gasteiger partial charge on any atom is -0.494 e. The Morgan fingerprint density at radius 1 is 1.05 bits per heavy atom. The number of aliphatic hydroxyl groups excluding tert-OH is 1. The minimum absolute atomic E-state index is 0.126. The van der Waals surface area contributed by atoms with Gasteiger partial charge >= 0.3 is 6.09 Å². The molecule has 1 aliphatic heterocycles. The molecule has 11 heteroatoms. The highest BCUT2D eigenvalue weighted by molar-refractivity contribution is 6.43. The third kappa shape index (κ3) is 8.27. The minimum atomic E-state index is -0.544. The summed E-state index contributed by atoms with van der Waals surface area (Å²) < 4.78 is 16.6. The molecule has 1 aliphatic rings. The van der Waals surface area contributed by atoms with E-state index < -0.39 is 6.09 Å². The zero-order valence-corrected chi connectivity index (χ0v) is 24.2. The number of piperazine rings is 1. The van der Waals surface area contributed by atoms with Gasteiger partial charge in [-0.05, 0) is 56.6 Å². The van der Waals surface area contributed by atoms with Crippen LogP contribution in [-0.2, 0) is 4.74 Å². The first-order valence-corrected chi connectivity index (χ1v) is 14.3. The molecule has 2 aromatic carbocycles. The second kappa shape index (κ2) is 15.1. The fourth-order valence-electron chi connectivity index (χ4n) is 4.56. The summed E-state index contributed by atoms with van der Waals surface area (Å²) in [5, 5.41) is 11.2. The van der Waals surface area contributed by atoms with E-state index in [1.54, 1.807) is 6.07 Å². The largest absolute Gasteiger partial charge is 0.494 e. The summed E-state index contributed by atoms with van der Waals surface area (Å²) in [5.41, 5.74) is 1.74. The summed E-state index contributed by atoms with van der Waals surface area (Å²) in [6.07, 6.45) is 1.46. The molecular formula is C29H36Cl2N4O5. The average molecular weight is 592 g/mol. The lowest BCUT2D eigenvalue weighted by Gasteiger charge is -2.36. The molecule has 1 N–H and O–H groups in total. The van der Waals surface area contributed by atoms with Crippen molar-refractivity contribution >= 4 is 45.9 Å². The number of unbranched alkanes of at least 4 members (excludes halogenated alkanes) is 1. The molecule has 0 aliphatic carbocycles. The van der Waals surface area contributed by atoms with Crippen LogP contribution in [0.1, 0.15) is 19.8 Å². The van der Waals surface area contributed by atoms with Crippen molar-refractivity contribution in [2.75, 3.05) is 70.7 Å². The van der Waals surface area contributed by atoms with Crippen LogP contribution >= 0.6 is 23.2 Å². The number of aliphatic hydroxyl groups is 1. The van der Waals surface area contributed by atoms with Gasteiger partial charge in [0.1, 0.15) is 5.75 Å². The van der Waals surface area contributed by atoms with E-state index in [-0.39, 0.29) is 19.9 Å². The van der Waals surface area contributed by atoms with Crippen molar-refractivity contribution < 1.29 is 24.1 Å². The Morgan fingerprint density at radius 3 is 2.62 bits per heavy atom. The van der Waals surface area contributed by atoms with Gasteiger partial charge in [-0.25, -0.2) is 9.78 Å². The van der Waals surface area contributed by atoms with E-state index in [9.17, 15) is 4.79 Å². The normalized spacial score (nSPS) is 13.8. The van der Waals surface area contributed by atoms with Crippen LogP contribution in [0.2, 0.25) is 10.0 Å². The van der Waals surface area contributed by atoms with Crippen LogP contribution in [-0.4, -0.2) is 91.8 Å². The molecule has 9 nitrogen and oxygen atoms in total. The number of aromatic nitrogens is 1. The van der Waals surface area contributed by atoms with Crippen molar-refractivity contribution in [2.24, 2.45) is 0 Å². The number of anilines is 1. The third-order valence-electron chi connectivity index (χ3n) is 6.82. The molecule has 1 fully saturated rings. The van der Waals surface area contributed by atoms with Gasteiger partial charge in [-0.3, -0.25) is 4.90 Å². The number of carbonyl (C=O) groups excluding carboxylic acids is 1. The van der Waals surface area contributed by atoms with Crippen molar-refractivity contribution in [3.05, 3.63) is 58.6 Å². The molecule has 216 valence electrons. The monoisotopic (exact) mass is 590 g/mol. The molecule has 0 bridgehead atoms. The van der Waals surface area contributed by atoms with Crippen molar-refractivity contribution in [3.8, 4) is 11.6 Å². The lowest BCUT2D eigenvalue weighted by atomic mass is 10.2. The molecule has 0 atom stereocenters. The lowest BCUT2D eigenvalue weighted by Crippen LogP contribution is -2.46. The molecule has 3 aromatic rings. The Kier molecular flexibility index (Phi) is 11.3. The van der Waals surface area contributed by atoms with Crippen molar-refractivity contribution in [3.63, 3.8) is 0 Å². The highest BCUT2D eigenvalue weighted by Crippen LogP contribution is 2.33. The first-order chi connectivity index (χ1) is 19.5. The molecule has 4 rings (SSSR count). The van der Waals surface area contributed by atoms with Crippen LogP contribution in [0.4, 0.5) is 10.5 Å². The summed E-state index contributed by atoms with van der Waals surface area (Å²) in [4.78, 5) is 22.7. The first kappa shape index (κ1) is 30.0. The van der Waals surface area contributed by atoms with Crippen LogP contribution < -0.4 is 14.4 Å². The molecule has 0 radical (unpaired) electrons. The average Bonchev–Trinajstić information content (AvgIpc) is 2.97. The van der Waals surface area contributed by atoms with Crippen molar-refractivity contribution in [2.45, 2.75) is 19.8 Å². The van der Waals surface area contributed by atoms with Gasteiger partial charge in [0.2, 0.25) is 12.7 Å². The molecule has 40 heavy (non-hydrogen) atoms. The van der Waals surface area contributed by atoms with E-state index in [4.69, 9.17) is 42.5 Å². The Balaban J connectivity index is 1.16. The number of likely N-dealkylation sites (N-methyl/N-ethyl adjacent to an activating group) is 1. The highest BCUT2D eigenvalue weighted by Gasteiger charge is 2.19. The second-order valence-corrected chi connectivity index (χ2v) is 10.2. The van der Waals surface area contributed by atoms with Gasteiger partial charge in [-0.15, -0.1) is 0 Å². The second-order valence-electron chi connectivity index (χ2n) is 9.44. The predicted octanol–water partition coefficient (Wildman–Crippen LogP) is 5.31. The Morgan fingerprint density at radius 2 is 1.85 bits per heavy atom. The molecule has 1 amide bonds. The molecule has 0 saturated carbocycles. The standard InChI is InChI=1S/C29H36Cl2N4O5/c1-2-34(17-18-36)29(37)40-21-39-27-11-9-22-8-10-23(20-25(22)32-27)38-19-4-3-12-33-13-15-35(16-14-33)26-7-5-6-24(30)28(26)31/h5-11,20,36H,2-4,12-19,21H2,1H3. The maximum absolute atomic E-state index is 12.0. The van der Waals surface area contributed by atoms with Crippen molar-refractivity contribution in [1.82, 2.24) is 14.8 Å². The van der Waals surface area contributed by atoms with Gasteiger partial charge in [0, 0.05) is 56.8 Å². The molecule has 2 heterocycles. The van der Waals surface area contributed by atoms with Crippen LogP contribution in [0.5, 0.6) is 11.6 Å². The zero-order chi connectivity index (χ0) is 28.3. The van der Waals surface area contributed by atoms with Gasteiger partial charge in [0.15, 0.2) is 0 Å². The first-order valence-electron chi connectivity index (χ1n) is 13.6. The molecular weight excluding hydrogens is 555 g/mol. The van der Waals surface area contributed by atoms with Gasteiger partial charge in [0.05, 0.1) is 34.5 Å². The number of pyridine rings is 1. The Bertz CT molecular complexity index is 1260. The molecule has 1 aromatic heterocycles. The van der Waals surface area contributed by atoms with Gasteiger partial charge < -0.3 is 29.1 Å². The lowest BCUT2D eigenvalue weighted by molar-refractivity contribution is 0.0311. The summed E-state index contributed by atoms with van der Waals surface area (Å²) in [6, 6.07) is 15.2. The number of rotatable bonds is 13. The number of hydrogen-bond acceptors (Lipinski definition) is 8. The molecule has 0 unspecified atom stereocenters. The van der Waals surface area contributed by atoms with Crippen molar-refractivity contribution in [1.29, 1.82) is 0 Å². The number of carbonyl (C=O) groups is 1. The van der Waals surface area contributed by atoms with Crippen LogP contribution in [0, 0.1) is 0 Å². The third-order valence-corrected chi connectivity index (χ3v) is 7.63. The zero-order valence-electron chi connectivity index (χ0n) is 22.7. The van der Waals surface area contributed by atoms with E-state index >= 15 is 0 Å². The predicted molar refractivity (Wildman–Crippen MR) is 158 cm³/mol. The number of halogens is 2. The number of amides is 1. The van der Waals surface area contributed by atoms with E-state index in [1.165, 1.54) is 4.90 Å². The number of fused-ring (bicyclic) bond motifs is 1. The summed E-state index contributed by atoms with van der Waals surface area (Å²) in [7, 11) is 0. The smallest absolute Gasteiger partial charge is 0.412 e. The quantitative estimate of drug-likeness (QED) is 0.212. The number of benzene rings is 2. The van der Waals surface area contributed by atoms with E-state index in [2.05, 4.69) is 14.8 Å². The SMILES string of the molecule is CCN(CCO)C(=O)OCOc1ccc2ccc(OCCCCN3CCN(c4cccc(Cl)c4Cl)CC3)cc2n1. The van der Waals surface area contributed by atoms with E-state index in [1.807, 2.05) is 49.4 Å². The van der Waals surface area contributed by atoms with Gasteiger partial charge in [-0.1, -0.05) is 29.3 Å². The maximum Gasteiger partial charge on any atom is 0.412 e. The van der Waals surface area contributed by atoms with Crippen LogP contribution in [0.25, 0.3) is 10.9 Å². The Hall–Kier alpha value is -2.98. The summed E-state index contributed by atoms with van der Waals surface area (Å²) in [6.45, 7) is 7.55. The number of hydrogen-bond donors (Lipinski definition) is 1. The van der Waals surface area contributed by atoms with Gasteiger partial charge in [-0.2, -0.15) is 0 Å². The van der Waals surface area contributed by atoms with E-state index in [0.29, 0.717) is 29.1 Å². The Labute approximate surface area is 245 Å². The molecule has 1 saturated heterocycles. The number of nitrogens with zero attached hydrogens (tertiary/aromatic N) is 4. The summed E-state index contributed by atoms with van der Waals surface area (Å²) >= 11 is 12.6. The fourth-order valence-corrected chi connectivity index (χ4v) is 4.97. The maximum atomic E-state index is 12.0. The van der Waals surface area contributed by atoms with E-state index in [0.717, 1.165) is 67.9 Å². The van der Waals surface area contributed by atoms with Gasteiger partial charge in [0.25, 0.3) is 0 Å². The van der Waals surface area contributed by atoms with Crippen LogP contribution in [0.15, 0.2) is 48.5 Å². The highest BCUT2D eigenvalue weighted by atomic mass is 35.5. The molecule has 0 spiro atoms. The summed E-state index contributed by atoms with van der Waals surface area (Å²) in [5.74, 6) is 1.10. The van der Waals surface area contributed by atoms with Crippen LogP contribution in [0.3, 0.4) is 0 Å². The topological polar surface area (TPSA) is 87.6 Å².